The second-order valence-electron chi connectivity index (χ2n) is 5.03. The van der Waals surface area contributed by atoms with Gasteiger partial charge in [0.05, 0.1) is 5.69 Å². The lowest BCUT2D eigenvalue weighted by Gasteiger charge is -2.33. The standard InChI is InChI=1S/C14H18F2N2S/c1-18(9-5-3-2-4-6-9)11-8-7-10(14(17)19)12(15)13(11)16/h7-9H,2-6H2,1H3,(H2,17,19). The van der Waals surface area contributed by atoms with Gasteiger partial charge in [0.15, 0.2) is 11.6 Å². The van der Waals surface area contributed by atoms with E-state index in [0.29, 0.717) is 0 Å². The summed E-state index contributed by atoms with van der Waals surface area (Å²) < 4.78 is 28.0. The van der Waals surface area contributed by atoms with E-state index in [0.717, 1.165) is 25.7 Å². The maximum Gasteiger partial charge on any atom is 0.182 e. The monoisotopic (exact) mass is 284 g/mol. The number of rotatable bonds is 3. The van der Waals surface area contributed by atoms with Gasteiger partial charge in [-0.1, -0.05) is 31.5 Å². The van der Waals surface area contributed by atoms with Crippen molar-refractivity contribution in [2.75, 3.05) is 11.9 Å². The number of halogens is 2. The Morgan fingerprint density at radius 1 is 1.21 bits per heavy atom. The Kier molecular flexibility index (Phi) is 4.34. The molecule has 0 heterocycles. The number of anilines is 1. The molecule has 1 aliphatic rings. The summed E-state index contributed by atoms with van der Waals surface area (Å²) in [6, 6.07) is 3.29. The maximum atomic E-state index is 14.1. The Morgan fingerprint density at radius 3 is 2.42 bits per heavy atom. The fourth-order valence-electron chi connectivity index (χ4n) is 2.67. The van der Waals surface area contributed by atoms with Crippen molar-refractivity contribution in [3.05, 3.63) is 29.3 Å². The molecule has 0 spiro atoms. The Labute approximate surface area is 117 Å². The fraction of sp³-hybridized carbons (Fsp3) is 0.500. The van der Waals surface area contributed by atoms with E-state index in [1.165, 1.54) is 12.5 Å². The summed E-state index contributed by atoms with van der Waals surface area (Å²) in [7, 11) is 1.81. The lowest BCUT2D eigenvalue weighted by molar-refractivity contribution is 0.421. The molecular formula is C14H18F2N2S. The molecule has 19 heavy (non-hydrogen) atoms. The highest BCUT2D eigenvalue weighted by atomic mass is 32.1. The first-order chi connectivity index (χ1) is 9.02. The minimum absolute atomic E-state index is 0.0340. The van der Waals surface area contributed by atoms with Crippen molar-refractivity contribution >= 4 is 22.9 Å². The van der Waals surface area contributed by atoms with Gasteiger partial charge >= 0.3 is 0 Å². The number of nitrogens with two attached hydrogens (primary N) is 1. The van der Waals surface area contributed by atoms with Gasteiger partial charge in [0.25, 0.3) is 0 Å². The van der Waals surface area contributed by atoms with Crippen LogP contribution in [-0.2, 0) is 0 Å². The summed E-state index contributed by atoms with van der Waals surface area (Å²) >= 11 is 4.70. The zero-order chi connectivity index (χ0) is 14.0. The lowest BCUT2D eigenvalue weighted by atomic mass is 9.94. The molecule has 0 aromatic heterocycles. The van der Waals surface area contributed by atoms with E-state index >= 15 is 0 Å². The van der Waals surface area contributed by atoms with Crippen molar-refractivity contribution in [2.45, 2.75) is 38.1 Å². The molecule has 1 saturated carbocycles. The third-order valence-corrected chi connectivity index (χ3v) is 4.05. The number of thiocarbonyl (C=S) groups is 1. The number of nitrogens with zero attached hydrogens (tertiary/aromatic N) is 1. The van der Waals surface area contributed by atoms with Crippen molar-refractivity contribution < 1.29 is 8.78 Å². The molecule has 0 bridgehead atoms. The van der Waals surface area contributed by atoms with E-state index in [9.17, 15) is 8.78 Å². The summed E-state index contributed by atoms with van der Waals surface area (Å²) in [5.41, 5.74) is 5.61. The van der Waals surface area contributed by atoms with E-state index in [1.54, 1.807) is 6.07 Å². The van der Waals surface area contributed by atoms with Gasteiger partial charge < -0.3 is 10.6 Å². The highest BCUT2D eigenvalue weighted by molar-refractivity contribution is 7.80. The minimum atomic E-state index is -0.951. The third kappa shape index (κ3) is 2.86. The fourth-order valence-corrected chi connectivity index (χ4v) is 2.82. The summed E-state index contributed by atoms with van der Waals surface area (Å²) in [5.74, 6) is -1.81. The highest BCUT2D eigenvalue weighted by Crippen LogP contribution is 2.29. The minimum Gasteiger partial charge on any atom is -0.389 e. The van der Waals surface area contributed by atoms with Crippen molar-refractivity contribution in [1.29, 1.82) is 0 Å². The van der Waals surface area contributed by atoms with Gasteiger partial charge in [-0.2, -0.15) is 0 Å². The average molecular weight is 284 g/mol. The second-order valence-corrected chi connectivity index (χ2v) is 5.47. The van der Waals surface area contributed by atoms with Crippen LogP contribution in [0.2, 0.25) is 0 Å². The number of benzene rings is 1. The van der Waals surface area contributed by atoms with Gasteiger partial charge in [0, 0.05) is 18.7 Å². The van der Waals surface area contributed by atoms with Crippen LogP contribution in [0, 0.1) is 11.6 Å². The molecule has 2 rings (SSSR count). The van der Waals surface area contributed by atoms with Crippen molar-refractivity contribution in [1.82, 2.24) is 0 Å². The van der Waals surface area contributed by atoms with Gasteiger partial charge in [-0.15, -0.1) is 0 Å². The largest absolute Gasteiger partial charge is 0.389 e. The van der Waals surface area contributed by atoms with Gasteiger partial charge in [0.1, 0.15) is 4.99 Å². The topological polar surface area (TPSA) is 29.3 Å². The molecule has 1 aliphatic carbocycles. The SMILES string of the molecule is CN(c1ccc(C(N)=S)c(F)c1F)C1CCCCC1. The van der Waals surface area contributed by atoms with Crippen LogP contribution in [0.5, 0.6) is 0 Å². The van der Waals surface area contributed by atoms with Crippen LogP contribution in [-0.4, -0.2) is 18.1 Å². The van der Waals surface area contributed by atoms with E-state index in [-0.39, 0.29) is 22.3 Å². The predicted molar refractivity (Wildman–Crippen MR) is 77.5 cm³/mol. The molecule has 5 heteroatoms. The molecule has 0 aliphatic heterocycles. The summed E-state index contributed by atoms with van der Waals surface area (Å²) in [4.78, 5) is 1.71. The molecule has 0 unspecified atom stereocenters. The Bertz CT molecular complexity index is 485. The highest BCUT2D eigenvalue weighted by Gasteiger charge is 2.23. The summed E-state index contributed by atoms with van der Waals surface area (Å²) in [5, 5.41) is 0. The molecule has 1 aromatic carbocycles. The Balaban J connectivity index is 2.29. The Morgan fingerprint density at radius 2 is 1.84 bits per heavy atom. The van der Waals surface area contributed by atoms with Crippen molar-refractivity contribution in [3.63, 3.8) is 0 Å². The van der Waals surface area contributed by atoms with Crippen LogP contribution in [0.25, 0.3) is 0 Å². The van der Waals surface area contributed by atoms with Gasteiger partial charge in [-0.25, -0.2) is 8.78 Å². The van der Waals surface area contributed by atoms with E-state index in [1.807, 2.05) is 11.9 Å². The van der Waals surface area contributed by atoms with Crippen LogP contribution in [0.3, 0.4) is 0 Å². The van der Waals surface area contributed by atoms with E-state index in [2.05, 4.69) is 0 Å². The zero-order valence-corrected chi connectivity index (χ0v) is 11.8. The molecule has 0 radical (unpaired) electrons. The first-order valence-corrected chi connectivity index (χ1v) is 6.94. The molecule has 0 amide bonds. The van der Waals surface area contributed by atoms with Gasteiger partial charge in [-0.05, 0) is 25.0 Å². The lowest BCUT2D eigenvalue weighted by Crippen LogP contribution is -2.34. The molecule has 2 N–H and O–H groups in total. The zero-order valence-electron chi connectivity index (χ0n) is 11.0. The molecule has 0 atom stereocenters. The summed E-state index contributed by atoms with van der Waals surface area (Å²) in [6.45, 7) is 0. The molecule has 2 nitrogen and oxygen atoms in total. The second kappa shape index (κ2) is 5.82. The Hall–Kier alpha value is -1.23. The van der Waals surface area contributed by atoms with Crippen molar-refractivity contribution in [2.24, 2.45) is 5.73 Å². The van der Waals surface area contributed by atoms with Crippen molar-refractivity contribution in [3.8, 4) is 0 Å². The van der Waals surface area contributed by atoms with E-state index < -0.39 is 11.6 Å². The first kappa shape index (κ1) is 14.2. The molecule has 0 saturated heterocycles. The predicted octanol–water partition coefficient (Wildman–Crippen LogP) is 3.37. The number of hydrogen-bond donors (Lipinski definition) is 1. The third-order valence-electron chi connectivity index (χ3n) is 3.83. The van der Waals surface area contributed by atoms with E-state index in [4.69, 9.17) is 18.0 Å². The van der Waals surface area contributed by atoms with Crippen LogP contribution in [0.1, 0.15) is 37.7 Å². The average Bonchev–Trinajstić information content (AvgIpc) is 2.41. The van der Waals surface area contributed by atoms with Crippen LogP contribution in [0.15, 0.2) is 12.1 Å². The first-order valence-electron chi connectivity index (χ1n) is 6.53. The number of hydrogen-bond acceptors (Lipinski definition) is 2. The van der Waals surface area contributed by atoms with Crippen LogP contribution < -0.4 is 10.6 Å². The summed E-state index contributed by atoms with van der Waals surface area (Å²) in [6.07, 6.45) is 5.55. The van der Waals surface area contributed by atoms with Gasteiger partial charge in [0.2, 0.25) is 0 Å². The quantitative estimate of drug-likeness (QED) is 0.863. The normalized spacial score (nSPS) is 16.4. The molecule has 1 fully saturated rings. The molecular weight excluding hydrogens is 266 g/mol. The van der Waals surface area contributed by atoms with Crippen LogP contribution >= 0.6 is 12.2 Å². The molecule has 104 valence electrons. The van der Waals surface area contributed by atoms with Gasteiger partial charge in [-0.3, -0.25) is 0 Å². The maximum absolute atomic E-state index is 14.1. The smallest absolute Gasteiger partial charge is 0.182 e. The van der Waals surface area contributed by atoms with Crippen LogP contribution in [0.4, 0.5) is 14.5 Å². The molecule has 1 aromatic rings.